The second kappa shape index (κ2) is 12.3. The van der Waals surface area contributed by atoms with Gasteiger partial charge in [0.1, 0.15) is 0 Å². The molecule has 31 heavy (non-hydrogen) atoms. The van der Waals surface area contributed by atoms with Crippen molar-refractivity contribution in [1.29, 1.82) is 0 Å². The Kier molecular flexibility index (Phi) is 10.4. The Morgan fingerprint density at radius 2 is 1.71 bits per heavy atom. The van der Waals surface area contributed by atoms with Crippen LogP contribution in [0.5, 0.6) is 0 Å². The molecule has 5 heteroatoms. The van der Waals surface area contributed by atoms with Gasteiger partial charge in [-0.05, 0) is 0 Å². The van der Waals surface area contributed by atoms with Gasteiger partial charge >= 0.3 is 194 Å². The van der Waals surface area contributed by atoms with Crippen LogP contribution in [0.15, 0.2) is 32.7 Å². The zero-order valence-corrected chi connectivity index (χ0v) is 23.2. The normalized spacial score (nSPS) is 20.4. The van der Waals surface area contributed by atoms with Gasteiger partial charge in [0.05, 0.1) is 0 Å². The third kappa shape index (κ3) is 6.49. The number of esters is 1. The molecule has 0 bridgehead atoms. The summed E-state index contributed by atoms with van der Waals surface area (Å²) in [6.07, 6.45) is 13.9. The summed E-state index contributed by atoms with van der Waals surface area (Å²) >= 11 is -2.61. The Bertz CT molecular complexity index is 715. The maximum absolute atomic E-state index is 13.6. The van der Waals surface area contributed by atoms with Crippen molar-refractivity contribution < 1.29 is 18.7 Å². The average molecular weight is 537 g/mol. The summed E-state index contributed by atoms with van der Waals surface area (Å²) in [6, 6.07) is 1.80. The molecule has 0 aliphatic heterocycles. The molecular weight excluding hydrogens is 495 g/mol. The molecule has 1 aliphatic carbocycles. The number of allylic oxidation sites excluding steroid dienone is 2. The SMILES string of the molecule is CCC[CH2][Sn]([CH2]CCC)([CH2]CCC)[C]1=CC(=O)[C@@](C)([C@H](OC(C)=O)c2ccoc2)CC1. The zero-order valence-electron chi connectivity index (χ0n) is 20.3. The molecule has 0 unspecified atom stereocenters. The monoisotopic (exact) mass is 538 g/mol. The van der Waals surface area contributed by atoms with Crippen molar-refractivity contribution in [2.75, 3.05) is 0 Å². The third-order valence-corrected chi connectivity index (χ3v) is 23.4. The Morgan fingerprint density at radius 3 is 2.13 bits per heavy atom. The van der Waals surface area contributed by atoms with Gasteiger partial charge in [-0.3, -0.25) is 0 Å². The van der Waals surface area contributed by atoms with E-state index < -0.39 is 29.9 Å². The first-order valence-electron chi connectivity index (χ1n) is 12.3. The fourth-order valence-electron chi connectivity index (χ4n) is 5.15. The summed E-state index contributed by atoms with van der Waals surface area (Å²) in [5, 5.41) is 0. The molecule has 4 nitrogen and oxygen atoms in total. The van der Waals surface area contributed by atoms with E-state index >= 15 is 0 Å². The number of carbonyl (C=O) groups is 2. The molecule has 1 aromatic rings. The number of hydrogen-bond acceptors (Lipinski definition) is 4. The molecule has 1 heterocycles. The van der Waals surface area contributed by atoms with Crippen molar-refractivity contribution in [1.82, 2.24) is 0 Å². The number of ketones is 1. The van der Waals surface area contributed by atoms with Gasteiger partial charge in [-0.25, -0.2) is 0 Å². The first-order valence-corrected chi connectivity index (χ1v) is 19.8. The van der Waals surface area contributed by atoms with Gasteiger partial charge in [0, 0.05) is 0 Å². The van der Waals surface area contributed by atoms with Crippen LogP contribution in [0.1, 0.15) is 97.7 Å². The summed E-state index contributed by atoms with van der Waals surface area (Å²) in [4.78, 5) is 25.5. The Hall–Kier alpha value is -1.04. The molecule has 0 spiro atoms. The number of rotatable bonds is 13. The molecule has 0 aromatic carbocycles. The van der Waals surface area contributed by atoms with E-state index in [1.54, 1.807) is 22.2 Å². The van der Waals surface area contributed by atoms with Gasteiger partial charge in [-0.2, -0.15) is 0 Å². The molecule has 174 valence electrons. The van der Waals surface area contributed by atoms with E-state index in [1.807, 2.05) is 13.0 Å². The number of carbonyl (C=O) groups excluding carboxylic acids is 2. The van der Waals surface area contributed by atoms with Crippen LogP contribution in [0.4, 0.5) is 0 Å². The Morgan fingerprint density at radius 1 is 1.13 bits per heavy atom. The van der Waals surface area contributed by atoms with Crippen LogP contribution in [0.2, 0.25) is 13.3 Å². The van der Waals surface area contributed by atoms with Crippen molar-refractivity contribution in [3.63, 3.8) is 0 Å². The topological polar surface area (TPSA) is 56.5 Å². The van der Waals surface area contributed by atoms with Crippen molar-refractivity contribution in [2.24, 2.45) is 5.41 Å². The molecule has 0 saturated carbocycles. The minimum atomic E-state index is -2.61. The van der Waals surface area contributed by atoms with Crippen LogP contribution >= 0.6 is 0 Å². The van der Waals surface area contributed by atoms with E-state index in [0.29, 0.717) is 0 Å². The van der Waals surface area contributed by atoms with E-state index in [1.165, 1.54) is 58.8 Å². The fourth-order valence-corrected chi connectivity index (χ4v) is 22.0. The fraction of sp³-hybridized carbons (Fsp3) is 0.692. The average Bonchev–Trinajstić information content (AvgIpc) is 3.28. The molecule has 0 fully saturated rings. The van der Waals surface area contributed by atoms with Gasteiger partial charge in [0.2, 0.25) is 0 Å². The first-order chi connectivity index (χ1) is 14.8. The van der Waals surface area contributed by atoms with Crippen LogP contribution in [0.3, 0.4) is 0 Å². The molecular formula is C26H42O4Sn. The van der Waals surface area contributed by atoms with Gasteiger partial charge < -0.3 is 0 Å². The van der Waals surface area contributed by atoms with Crippen molar-refractivity contribution in [3.8, 4) is 0 Å². The summed E-state index contributed by atoms with van der Waals surface area (Å²) in [5.41, 5.74) is 0.0253. The zero-order chi connectivity index (χ0) is 22.9. The molecule has 0 radical (unpaired) electrons. The first kappa shape index (κ1) is 26.2. The van der Waals surface area contributed by atoms with E-state index in [4.69, 9.17) is 9.15 Å². The van der Waals surface area contributed by atoms with Crippen molar-refractivity contribution in [3.05, 3.63) is 33.8 Å². The molecule has 0 saturated heterocycles. The Labute approximate surface area is 193 Å². The number of ether oxygens (including phenoxy) is 1. The summed E-state index contributed by atoms with van der Waals surface area (Å²) in [7, 11) is 0. The number of hydrogen-bond donors (Lipinski definition) is 0. The predicted molar refractivity (Wildman–Crippen MR) is 129 cm³/mol. The predicted octanol–water partition coefficient (Wildman–Crippen LogP) is 7.57. The molecule has 1 aliphatic rings. The second-order valence-corrected chi connectivity index (χ2v) is 23.0. The summed E-state index contributed by atoms with van der Waals surface area (Å²) < 4.78 is 16.6. The minimum absolute atomic E-state index is 0.131. The van der Waals surface area contributed by atoms with Crippen LogP contribution < -0.4 is 0 Å². The summed E-state index contributed by atoms with van der Waals surface area (Å²) in [6.45, 7) is 10.2. The number of furan rings is 1. The molecule has 0 amide bonds. The van der Waals surface area contributed by atoms with Crippen LogP contribution in [0, 0.1) is 5.41 Å². The van der Waals surface area contributed by atoms with Gasteiger partial charge in [0.15, 0.2) is 0 Å². The van der Waals surface area contributed by atoms with Gasteiger partial charge in [-0.15, -0.1) is 0 Å². The van der Waals surface area contributed by atoms with Crippen molar-refractivity contribution in [2.45, 2.75) is 105 Å². The molecule has 2 rings (SSSR count). The van der Waals surface area contributed by atoms with E-state index in [9.17, 15) is 9.59 Å². The Balaban J connectivity index is 2.40. The van der Waals surface area contributed by atoms with Gasteiger partial charge in [0.25, 0.3) is 0 Å². The third-order valence-electron chi connectivity index (χ3n) is 7.20. The molecule has 2 atom stereocenters. The quantitative estimate of drug-likeness (QED) is 0.193. The van der Waals surface area contributed by atoms with Crippen molar-refractivity contribution >= 4 is 30.1 Å². The van der Waals surface area contributed by atoms with Crippen LogP contribution in [-0.2, 0) is 14.3 Å². The molecule has 0 N–H and O–H groups in total. The standard InChI is InChI=1S/C14H15O4.3C4H9.Sn/c1-10(15)18-13(11-6-8-17-9-11)14(2)7-4-3-5-12(14)16;3*1-3-4-2;/h5-6,8-9,13H,4,7H2,1-2H3;3*1,3-4H2,2H3;/t13-,14+;;;;/m1..../s1. The van der Waals surface area contributed by atoms with Crippen LogP contribution in [-0.4, -0.2) is 30.1 Å². The summed E-state index contributed by atoms with van der Waals surface area (Å²) in [5.74, 6) is -0.232. The van der Waals surface area contributed by atoms with E-state index in [0.717, 1.165) is 18.4 Å². The molecule has 1 aromatic heterocycles. The number of unbranched alkanes of at least 4 members (excludes halogenated alkanes) is 3. The van der Waals surface area contributed by atoms with Gasteiger partial charge in [-0.1, -0.05) is 0 Å². The van der Waals surface area contributed by atoms with E-state index in [-0.39, 0.29) is 11.8 Å². The second-order valence-electron chi connectivity index (χ2n) is 9.59. The van der Waals surface area contributed by atoms with E-state index in [2.05, 4.69) is 20.8 Å². The van der Waals surface area contributed by atoms with Crippen LogP contribution in [0.25, 0.3) is 0 Å². The maximum atomic E-state index is 13.6.